The number of benzene rings is 2. The fourth-order valence-electron chi connectivity index (χ4n) is 3.04. The van der Waals surface area contributed by atoms with E-state index >= 15 is 0 Å². The molecular weight excluding hydrogens is 452 g/mol. The van der Waals surface area contributed by atoms with E-state index in [0.29, 0.717) is 35.5 Å². The molecule has 0 saturated carbocycles. The second-order valence-electron chi connectivity index (χ2n) is 8.01. The molecule has 0 bridgehead atoms. The molecule has 2 aromatic rings. The number of carbonyl (C=O) groups is 2. The highest BCUT2D eigenvalue weighted by Crippen LogP contribution is 2.41. The second kappa shape index (κ2) is 13.1. The molecule has 2 atom stereocenters. The van der Waals surface area contributed by atoms with Crippen LogP contribution in [0.25, 0.3) is 10.8 Å². The molecule has 7 heteroatoms. The molecule has 34 heavy (non-hydrogen) atoms. The van der Waals surface area contributed by atoms with Crippen LogP contribution in [0.5, 0.6) is 11.5 Å². The molecule has 0 N–H and O–H groups in total. The third-order valence-electron chi connectivity index (χ3n) is 5.14. The number of ether oxygens (including phenoxy) is 4. The van der Waals surface area contributed by atoms with E-state index in [2.05, 4.69) is 13.2 Å². The summed E-state index contributed by atoms with van der Waals surface area (Å²) in [5, 5.41) is 1.76. The molecule has 0 aromatic heterocycles. The Hall–Kier alpha value is -2.93. The van der Waals surface area contributed by atoms with E-state index in [0.717, 1.165) is 15.7 Å². The van der Waals surface area contributed by atoms with Crippen LogP contribution in [0, 0.1) is 0 Å². The lowest BCUT2D eigenvalue weighted by atomic mass is 10.1. The van der Waals surface area contributed by atoms with Crippen LogP contribution >= 0.6 is 11.8 Å². The third kappa shape index (κ3) is 7.29. The van der Waals surface area contributed by atoms with Gasteiger partial charge in [0.15, 0.2) is 0 Å². The molecule has 2 unspecified atom stereocenters. The molecule has 0 fully saturated rings. The Morgan fingerprint density at radius 3 is 1.85 bits per heavy atom. The number of esters is 2. The van der Waals surface area contributed by atoms with Gasteiger partial charge in [0.2, 0.25) is 0 Å². The molecule has 0 heterocycles. The second-order valence-corrected chi connectivity index (χ2v) is 8.85. The van der Waals surface area contributed by atoms with E-state index in [9.17, 15) is 9.59 Å². The van der Waals surface area contributed by atoms with Gasteiger partial charge in [0.1, 0.15) is 36.9 Å². The molecule has 6 nitrogen and oxygen atoms in total. The van der Waals surface area contributed by atoms with Gasteiger partial charge in [-0.2, -0.15) is 0 Å². The van der Waals surface area contributed by atoms with Crippen molar-refractivity contribution in [3.8, 4) is 11.5 Å². The molecule has 0 spiro atoms. The van der Waals surface area contributed by atoms with Gasteiger partial charge in [0.05, 0.1) is 4.90 Å². The minimum Gasteiger partial charge on any atom is -0.489 e. The monoisotopic (exact) mass is 486 g/mol. The lowest BCUT2D eigenvalue weighted by Gasteiger charge is -2.21. The van der Waals surface area contributed by atoms with Gasteiger partial charge in [-0.25, -0.2) is 9.59 Å². The molecular formula is C27H34O6S. The molecule has 0 saturated heterocycles. The molecule has 0 radical (unpaired) electrons. The van der Waals surface area contributed by atoms with Crippen LogP contribution in [0.4, 0.5) is 0 Å². The number of rotatable bonds is 13. The summed E-state index contributed by atoms with van der Waals surface area (Å²) in [6, 6.07) is 9.72. The first-order valence-corrected chi connectivity index (χ1v) is 12.5. The molecule has 0 aliphatic rings. The summed E-state index contributed by atoms with van der Waals surface area (Å²) in [4.78, 5) is 24.7. The van der Waals surface area contributed by atoms with Crippen LogP contribution in [-0.4, -0.2) is 43.6 Å². The molecule has 184 valence electrons. The number of fused-ring (bicyclic) bond motifs is 1. The van der Waals surface area contributed by atoms with Crippen LogP contribution in [0.2, 0.25) is 0 Å². The maximum atomic E-state index is 11.9. The Balaban J connectivity index is 2.28. The maximum Gasteiger partial charge on any atom is 0.333 e. The normalized spacial score (nSPS) is 12.5. The standard InChI is InChI=1S/C27H34O6S/c1-8-19(32-26(28)17(3)4)15-30-23-14-24(34-7)25(22-13-11-10-12-21(22)23)31-16-20(9-2)33-27(29)18(5)6/h10-14,19-20H,3,5,8-9,15-16H2,1-2,4,6-7H3. The zero-order valence-electron chi connectivity index (χ0n) is 20.6. The topological polar surface area (TPSA) is 71.1 Å². The molecule has 0 aliphatic heterocycles. The van der Waals surface area contributed by atoms with Crippen molar-refractivity contribution < 1.29 is 28.5 Å². The Bertz CT molecular complexity index is 1040. The van der Waals surface area contributed by atoms with Gasteiger partial charge >= 0.3 is 11.9 Å². The van der Waals surface area contributed by atoms with E-state index in [1.165, 1.54) is 11.8 Å². The average Bonchev–Trinajstić information content (AvgIpc) is 2.83. The van der Waals surface area contributed by atoms with Crippen molar-refractivity contribution in [3.63, 3.8) is 0 Å². The van der Waals surface area contributed by atoms with Crippen molar-refractivity contribution >= 4 is 34.5 Å². The molecule has 2 rings (SSSR count). The third-order valence-corrected chi connectivity index (χ3v) is 5.88. The number of hydrogen-bond donors (Lipinski definition) is 0. The largest absolute Gasteiger partial charge is 0.489 e. The van der Waals surface area contributed by atoms with E-state index in [1.807, 2.05) is 50.4 Å². The highest BCUT2D eigenvalue weighted by atomic mass is 32.2. The number of hydrogen-bond acceptors (Lipinski definition) is 7. The van der Waals surface area contributed by atoms with Gasteiger partial charge in [-0.3, -0.25) is 0 Å². The number of carbonyl (C=O) groups excluding carboxylic acids is 2. The predicted octanol–water partition coefficient (Wildman–Crippen LogP) is 6.12. The molecule has 0 amide bonds. The summed E-state index contributed by atoms with van der Waals surface area (Å²) in [7, 11) is 0. The molecule has 0 aliphatic carbocycles. The minimum atomic E-state index is -0.424. The van der Waals surface area contributed by atoms with Crippen molar-refractivity contribution in [3.05, 3.63) is 54.6 Å². The lowest BCUT2D eigenvalue weighted by Crippen LogP contribution is -2.25. The van der Waals surface area contributed by atoms with Gasteiger partial charge in [-0.1, -0.05) is 51.3 Å². The van der Waals surface area contributed by atoms with E-state index in [-0.39, 0.29) is 25.4 Å². The average molecular weight is 487 g/mol. The van der Waals surface area contributed by atoms with Gasteiger partial charge < -0.3 is 18.9 Å². The highest BCUT2D eigenvalue weighted by molar-refractivity contribution is 7.98. The van der Waals surface area contributed by atoms with E-state index < -0.39 is 11.9 Å². The Labute approximate surface area is 206 Å². The summed E-state index contributed by atoms with van der Waals surface area (Å²) in [5.74, 6) is 0.539. The van der Waals surface area contributed by atoms with Crippen molar-refractivity contribution in [2.24, 2.45) is 0 Å². The first-order valence-electron chi connectivity index (χ1n) is 11.3. The summed E-state index contributed by atoms with van der Waals surface area (Å²) < 4.78 is 23.2. The van der Waals surface area contributed by atoms with Crippen LogP contribution in [-0.2, 0) is 19.1 Å². The van der Waals surface area contributed by atoms with Gasteiger partial charge in [0.25, 0.3) is 0 Å². The fourth-order valence-corrected chi connectivity index (χ4v) is 3.62. The zero-order valence-corrected chi connectivity index (χ0v) is 21.5. The quantitative estimate of drug-likeness (QED) is 0.192. The SMILES string of the molecule is C=C(C)C(=O)OC(CC)COc1cc(SC)c(OCC(CC)OC(=O)C(=C)C)c2ccccc12. The van der Waals surface area contributed by atoms with Crippen LogP contribution in [0.1, 0.15) is 40.5 Å². The summed E-state index contributed by atoms with van der Waals surface area (Å²) in [5.41, 5.74) is 0.712. The lowest BCUT2D eigenvalue weighted by molar-refractivity contribution is -0.146. The Kier molecular flexibility index (Phi) is 10.5. The van der Waals surface area contributed by atoms with Crippen LogP contribution < -0.4 is 9.47 Å². The highest BCUT2D eigenvalue weighted by Gasteiger charge is 2.20. The van der Waals surface area contributed by atoms with E-state index in [4.69, 9.17) is 18.9 Å². The summed E-state index contributed by atoms with van der Waals surface area (Å²) in [6.07, 6.45) is 2.43. The van der Waals surface area contributed by atoms with Crippen molar-refractivity contribution in [2.45, 2.75) is 57.6 Å². The number of thioether (sulfide) groups is 1. The first kappa shape index (κ1) is 27.3. The zero-order chi connectivity index (χ0) is 25.3. The van der Waals surface area contributed by atoms with E-state index in [1.54, 1.807) is 13.8 Å². The first-order chi connectivity index (χ1) is 16.2. The van der Waals surface area contributed by atoms with Gasteiger partial charge in [0, 0.05) is 21.9 Å². The van der Waals surface area contributed by atoms with Crippen molar-refractivity contribution in [1.29, 1.82) is 0 Å². The van der Waals surface area contributed by atoms with Gasteiger partial charge in [-0.05, 0) is 39.0 Å². The maximum absolute atomic E-state index is 11.9. The summed E-state index contributed by atoms with van der Waals surface area (Å²) in [6.45, 7) is 14.8. The smallest absolute Gasteiger partial charge is 0.333 e. The Morgan fingerprint density at radius 1 is 0.882 bits per heavy atom. The minimum absolute atomic E-state index is 0.224. The molecule has 2 aromatic carbocycles. The van der Waals surface area contributed by atoms with Crippen molar-refractivity contribution in [1.82, 2.24) is 0 Å². The van der Waals surface area contributed by atoms with Crippen LogP contribution in [0.3, 0.4) is 0 Å². The summed E-state index contributed by atoms with van der Waals surface area (Å²) >= 11 is 1.53. The van der Waals surface area contributed by atoms with Gasteiger partial charge in [-0.15, -0.1) is 11.8 Å². The fraction of sp³-hybridized carbons (Fsp3) is 0.407. The predicted molar refractivity (Wildman–Crippen MR) is 137 cm³/mol. The Morgan fingerprint density at radius 2 is 1.38 bits per heavy atom. The van der Waals surface area contributed by atoms with Crippen molar-refractivity contribution in [2.75, 3.05) is 19.5 Å². The van der Waals surface area contributed by atoms with Crippen LogP contribution in [0.15, 0.2) is 59.5 Å².